The van der Waals surface area contributed by atoms with Gasteiger partial charge in [-0.25, -0.2) is 0 Å². The van der Waals surface area contributed by atoms with Gasteiger partial charge in [0, 0.05) is 12.5 Å². The molecule has 0 aliphatic carbocycles. The third-order valence-electron chi connectivity index (χ3n) is 4.77. The van der Waals surface area contributed by atoms with E-state index in [9.17, 15) is 0 Å². The molecule has 1 aliphatic rings. The highest BCUT2D eigenvalue weighted by Crippen LogP contribution is 2.35. The summed E-state index contributed by atoms with van der Waals surface area (Å²) < 4.78 is 18.4. The predicted octanol–water partition coefficient (Wildman–Crippen LogP) is 6.05. The smallest absolute Gasteiger partial charge is 0.163 e. The van der Waals surface area contributed by atoms with Gasteiger partial charge in [-0.15, -0.1) is 0 Å². The van der Waals surface area contributed by atoms with Crippen molar-refractivity contribution in [3.63, 3.8) is 0 Å². The van der Waals surface area contributed by atoms with Gasteiger partial charge < -0.3 is 14.2 Å². The van der Waals surface area contributed by atoms with E-state index in [-0.39, 0.29) is 12.2 Å². The Morgan fingerprint density at radius 3 is 2.63 bits per heavy atom. The van der Waals surface area contributed by atoms with Gasteiger partial charge in [0.1, 0.15) is 0 Å². The maximum absolute atomic E-state index is 6.29. The molecule has 0 amide bonds. The highest BCUT2D eigenvalue weighted by Gasteiger charge is 2.43. The minimum atomic E-state index is -0.540. The van der Waals surface area contributed by atoms with Gasteiger partial charge in [-0.1, -0.05) is 68.0 Å². The molecular weight excluding hydrogens is 336 g/mol. The number of allylic oxidation sites excluding steroid dienone is 3. The zero-order chi connectivity index (χ0) is 19.5. The zero-order valence-corrected chi connectivity index (χ0v) is 17.4. The van der Waals surface area contributed by atoms with Crippen LogP contribution in [0, 0.1) is 5.92 Å². The third-order valence-corrected chi connectivity index (χ3v) is 4.77. The van der Waals surface area contributed by atoms with Gasteiger partial charge >= 0.3 is 0 Å². The summed E-state index contributed by atoms with van der Waals surface area (Å²) in [5.41, 5.74) is 1.20. The van der Waals surface area contributed by atoms with Gasteiger partial charge in [-0.3, -0.25) is 0 Å². The Bertz CT molecular complexity index is 577. The first kappa shape index (κ1) is 21.9. The van der Waals surface area contributed by atoms with Crippen molar-refractivity contribution >= 4 is 0 Å². The molecule has 1 aromatic rings. The topological polar surface area (TPSA) is 27.7 Å². The number of ether oxygens (including phenoxy) is 3. The minimum Gasteiger partial charge on any atom is -0.377 e. The fraction of sp³-hybridized carbons (Fsp3) is 0.583. The molecule has 0 unspecified atom stereocenters. The van der Waals surface area contributed by atoms with E-state index in [0.717, 1.165) is 19.3 Å². The second kappa shape index (κ2) is 11.4. The van der Waals surface area contributed by atoms with Crippen LogP contribution in [0.5, 0.6) is 0 Å². The van der Waals surface area contributed by atoms with Crippen LogP contribution < -0.4 is 0 Å². The maximum atomic E-state index is 6.29. The quantitative estimate of drug-likeness (QED) is 0.349. The van der Waals surface area contributed by atoms with Gasteiger partial charge in [0.2, 0.25) is 0 Å². The molecule has 27 heavy (non-hydrogen) atoms. The van der Waals surface area contributed by atoms with Gasteiger partial charge in [-0.05, 0) is 45.6 Å². The summed E-state index contributed by atoms with van der Waals surface area (Å²) in [5.74, 6) is -0.217. The number of unbranched alkanes of at least 4 members (excludes halogenated alkanes) is 1. The first-order valence-corrected chi connectivity index (χ1v) is 10.3. The number of hydrogen-bond donors (Lipinski definition) is 0. The molecule has 0 N–H and O–H groups in total. The molecule has 0 radical (unpaired) electrons. The van der Waals surface area contributed by atoms with Crippen molar-refractivity contribution in [1.82, 2.24) is 0 Å². The summed E-state index contributed by atoms with van der Waals surface area (Å²) in [5, 5.41) is 0. The molecule has 0 aromatic heterocycles. The molecule has 1 aliphatic heterocycles. The van der Waals surface area contributed by atoms with Crippen LogP contribution in [0.25, 0.3) is 0 Å². The summed E-state index contributed by atoms with van der Waals surface area (Å²) >= 11 is 0. The molecule has 3 heteroatoms. The highest BCUT2D eigenvalue weighted by molar-refractivity contribution is 5.13. The minimum absolute atomic E-state index is 0.0524. The Kier molecular flexibility index (Phi) is 9.26. The van der Waals surface area contributed by atoms with Crippen LogP contribution in [0.15, 0.2) is 54.6 Å². The van der Waals surface area contributed by atoms with Crippen LogP contribution in [-0.2, 0) is 20.8 Å². The van der Waals surface area contributed by atoms with Crippen LogP contribution in [0.2, 0.25) is 0 Å². The average Bonchev–Trinajstić information content (AvgIpc) is 2.97. The first-order chi connectivity index (χ1) is 13.1. The zero-order valence-electron chi connectivity index (χ0n) is 17.4. The van der Waals surface area contributed by atoms with Gasteiger partial charge in [0.25, 0.3) is 0 Å². The van der Waals surface area contributed by atoms with E-state index < -0.39 is 5.79 Å². The van der Waals surface area contributed by atoms with Gasteiger partial charge in [-0.2, -0.15) is 0 Å². The van der Waals surface area contributed by atoms with Crippen molar-refractivity contribution in [2.45, 2.75) is 78.0 Å². The van der Waals surface area contributed by atoms with Crippen molar-refractivity contribution in [2.75, 3.05) is 6.61 Å². The van der Waals surface area contributed by atoms with Crippen LogP contribution in [-0.4, -0.2) is 24.6 Å². The fourth-order valence-electron chi connectivity index (χ4n) is 3.52. The number of benzene rings is 1. The number of hydrogen-bond acceptors (Lipinski definition) is 3. The standard InChI is InChI=1S/C24H36O3/c1-5-7-8-12-16-21(13-6-2)23-22(26-24(3,4)27-23)17-18-25-19-20-14-10-9-11-15-20/h6,8-15,21-23H,5,7,16-19H2,1-4H3/b12-8-,13-6+/t21-,22-,23-/m0/s1. The van der Waals surface area contributed by atoms with Gasteiger partial charge in [0.15, 0.2) is 5.79 Å². The molecular formula is C24H36O3. The highest BCUT2D eigenvalue weighted by atomic mass is 16.8. The van der Waals surface area contributed by atoms with E-state index in [0.29, 0.717) is 19.1 Å². The lowest BCUT2D eigenvalue weighted by Crippen LogP contribution is -2.31. The Hall–Kier alpha value is -1.42. The van der Waals surface area contributed by atoms with Crippen molar-refractivity contribution < 1.29 is 14.2 Å². The number of rotatable bonds is 11. The van der Waals surface area contributed by atoms with E-state index in [1.165, 1.54) is 12.0 Å². The second-order valence-electron chi connectivity index (χ2n) is 7.65. The van der Waals surface area contributed by atoms with Crippen molar-refractivity contribution in [2.24, 2.45) is 5.92 Å². The lowest BCUT2D eigenvalue weighted by Gasteiger charge is -2.23. The molecule has 0 spiro atoms. The van der Waals surface area contributed by atoms with E-state index in [2.05, 4.69) is 50.3 Å². The average molecular weight is 373 g/mol. The monoisotopic (exact) mass is 372 g/mol. The normalized spacial score (nSPS) is 23.4. The lowest BCUT2D eigenvalue weighted by atomic mass is 9.92. The van der Waals surface area contributed by atoms with E-state index in [4.69, 9.17) is 14.2 Å². The van der Waals surface area contributed by atoms with Gasteiger partial charge in [0.05, 0.1) is 18.8 Å². The molecule has 1 heterocycles. The van der Waals surface area contributed by atoms with E-state index in [1.54, 1.807) is 0 Å². The Morgan fingerprint density at radius 2 is 1.93 bits per heavy atom. The molecule has 1 aromatic carbocycles. The van der Waals surface area contributed by atoms with Crippen LogP contribution in [0.3, 0.4) is 0 Å². The fourth-order valence-corrected chi connectivity index (χ4v) is 3.52. The molecule has 0 bridgehead atoms. The summed E-state index contributed by atoms with van der Waals surface area (Å²) in [6.07, 6.45) is 13.2. The molecule has 0 saturated carbocycles. The molecule has 3 nitrogen and oxygen atoms in total. The molecule has 150 valence electrons. The van der Waals surface area contributed by atoms with Crippen LogP contribution in [0.1, 0.15) is 58.9 Å². The third kappa shape index (κ3) is 7.61. The van der Waals surface area contributed by atoms with Crippen LogP contribution >= 0.6 is 0 Å². The second-order valence-corrected chi connectivity index (χ2v) is 7.65. The predicted molar refractivity (Wildman–Crippen MR) is 112 cm³/mol. The summed E-state index contributed by atoms with van der Waals surface area (Å²) in [6, 6.07) is 10.3. The summed E-state index contributed by atoms with van der Waals surface area (Å²) in [6.45, 7) is 9.59. The van der Waals surface area contributed by atoms with E-state index >= 15 is 0 Å². The largest absolute Gasteiger partial charge is 0.377 e. The summed E-state index contributed by atoms with van der Waals surface area (Å²) in [4.78, 5) is 0. The van der Waals surface area contributed by atoms with E-state index in [1.807, 2.05) is 32.0 Å². The first-order valence-electron chi connectivity index (χ1n) is 10.3. The Labute approximate surface area is 165 Å². The van der Waals surface area contributed by atoms with Crippen molar-refractivity contribution in [1.29, 1.82) is 0 Å². The summed E-state index contributed by atoms with van der Waals surface area (Å²) in [7, 11) is 0. The maximum Gasteiger partial charge on any atom is 0.163 e. The molecule has 3 atom stereocenters. The van der Waals surface area contributed by atoms with Crippen molar-refractivity contribution in [3.05, 3.63) is 60.2 Å². The van der Waals surface area contributed by atoms with Crippen molar-refractivity contribution in [3.8, 4) is 0 Å². The molecule has 2 rings (SSSR count). The lowest BCUT2D eigenvalue weighted by molar-refractivity contribution is -0.150. The Balaban J connectivity index is 1.90. The molecule has 1 fully saturated rings. The molecule has 1 saturated heterocycles. The Morgan fingerprint density at radius 1 is 1.15 bits per heavy atom. The van der Waals surface area contributed by atoms with Crippen LogP contribution in [0.4, 0.5) is 0 Å². The SMILES string of the molecule is C/C=C/[C@@H](C/C=C\CCC)[C@@H]1OC(C)(C)O[C@H]1CCOCc1ccccc1.